The number of aryl methyl sites for hydroxylation is 1. The number of ketones is 1. The van der Waals surface area contributed by atoms with E-state index in [1.54, 1.807) is 6.07 Å². The number of benzene rings is 2. The van der Waals surface area contributed by atoms with Crippen LogP contribution < -0.4 is 5.32 Å². The van der Waals surface area contributed by atoms with Gasteiger partial charge >= 0.3 is 5.97 Å². The number of non-ortho nitro benzene ring substituents is 1. The van der Waals surface area contributed by atoms with Crippen molar-refractivity contribution in [1.29, 1.82) is 0 Å². The molecule has 0 aliphatic heterocycles. The standard InChI is InChI=1S/C23H22BrN3O6/c1-14-11-19(15(2)26(14)17-5-3-16(24)4-6-17)22(29)13-33-23(30)20-12-18(27(31)32)7-8-21(20)25-9-10-28/h3-8,11-12,25,28H,9-10,13H2,1-2H3. The van der Waals surface area contributed by atoms with E-state index in [1.165, 1.54) is 12.1 Å². The molecule has 0 aliphatic carbocycles. The van der Waals surface area contributed by atoms with Gasteiger partial charge in [0, 0.05) is 51.5 Å². The molecular formula is C23H22BrN3O6. The van der Waals surface area contributed by atoms with Crippen LogP contribution in [0.4, 0.5) is 11.4 Å². The molecule has 0 spiro atoms. The maximum absolute atomic E-state index is 12.8. The van der Waals surface area contributed by atoms with E-state index in [0.29, 0.717) is 11.3 Å². The van der Waals surface area contributed by atoms with E-state index >= 15 is 0 Å². The fraction of sp³-hybridized carbons (Fsp3) is 0.217. The summed E-state index contributed by atoms with van der Waals surface area (Å²) in [7, 11) is 0. The van der Waals surface area contributed by atoms with Gasteiger partial charge in [0.15, 0.2) is 6.61 Å². The second-order valence-electron chi connectivity index (χ2n) is 7.23. The molecule has 0 unspecified atom stereocenters. The number of rotatable bonds is 9. The number of nitro benzene ring substituents is 1. The van der Waals surface area contributed by atoms with Crippen molar-refractivity contribution < 1.29 is 24.4 Å². The van der Waals surface area contributed by atoms with Crippen molar-refractivity contribution in [2.45, 2.75) is 13.8 Å². The Morgan fingerprint density at radius 2 is 1.82 bits per heavy atom. The third-order valence-electron chi connectivity index (χ3n) is 5.01. The highest BCUT2D eigenvalue weighted by atomic mass is 79.9. The minimum atomic E-state index is -0.880. The summed E-state index contributed by atoms with van der Waals surface area (Å²) in [4.78, 5) is 35.9. The van der Waals surface area contributed by atoms with Crippen LogP contribution in [0.5, 0.6) is 0 Å². The van der Waals surface area contributed by atoms with Gasteiger partial charge in [-0.2, -0.15) is 0 Å². The zero-order valence-corrected chi connectivity index (χ0v) is 19.6. The Balaban J connectivity index is 1.79. The van der Waals surface area contributed by atoms with Crippen LogP contribution in [0, 0.1) is 24.0 Å². The van der Waals surface area contributed by atoms with Crippen molar-refractivity contribution in [3.05, 3.63) is 85.6 Å². The molecule has 0 bridgehead atoms. The summed E-state index contributed by atoms with van der Waals surface area (Å²) in [5.41, 5.74) is 2.74. The lowest BCUT2D eigenvalue weighted by molar-refractivity contribution is -0.384. The number of nitrogens with one attached hydrogen (secondary N) is 1. The normalized spacial score (nSPS) is 10.7. The Kier molecular flexibility index (Phi) is 7.62. The number of aromatic nitrogens is 1. The van der Waals surface area contributed by atoms with Gasteiger partial charge in [-0.1, -0.05) is 15.9 Å². The van der Waals surface area contributed by atoms with Crippen LogP contribution in [0.3, 0.4) is 0 Å². The lowest BCUT2D eigenvalue weighted by Gasteiger charge is -2.11. The van der Waals surface area contributed by atoms with Crippen LogP contribution in [0.15, 0.2) is 53.0 Å². The summed E-state index contributed by atoms with van der Waals surface area (Å²) in [5.74, 6) is -1.27. The number of nitrogens with zero attached hydrogens (tertiary/aromatic N) is 2. The molecule has 0 fully saturated rings. The van der Waals surface area contributed by atoms with E-state index in [1.807, 2.05) is 42.7 Å². The number of Topliss-reactive ketones (excluding diaryl/α,β-unsaturated/α-hetero) is 1. The minimum Gasteiger partial charge on any atom is -0.454 e. The fourth-order valence-corrected chi connectivity index (χ4v) is 3.74. The van der Waals surface area contributed by atoms with Gasteiger partial charge in [0.2, 0.25) is 5.78 Å². The summed E-state index contributed by atoms with van der Waals surface area (Å²) in [6.45, 7) is 3.10. The molecule has 33 heavy (non-hydrogen) atoms. The third-order valence-corrected chi connectivity index (χ3v) is 5.54. The van der Waals surface area contributed by atoms with Gasteiger partial charge in [0.05, 0.1) is 17.1 Å². The van der Waals surface area contributed by atoms with Crippen molar-refractivity contribution in [3.63, 3.8) is 0 Å². The Morgan fingerprint density at radius 3 is 2.45 bits per heavy atom. The Hall–Kier alpha value is -3.50. The van der Waals surface area contributed by atoms with Gasteiger partial charge in [0.25, 0.3) is 5.69 Å². The van der Waals surface area contributed by atoms with Crippen molar-refractivity contribution in [2.75, 3.05) is 25.1 Å². The number of anilines is 1. The van der Waals surface area contributed by atoms with Crippen LogP contribution >= 0.6 is 15.9 Å². The predicted molar refractivity (Wildman–Crippen MR) is 126 cm³/mol. The zero-order valence-electron chi connectivity index (χ0n) is 18.0. The number of halogens is 1. The van der Waals surface area contributed by atoms with E-state index in [4.69, 9.17) is 9.84 Å². The van der Waals surface area contributed by atoms with Crippen LogP contribution in [-0.4, -0.2) is 46.1 Å². The summed E-state index contributed by atoms with van der Waals surface area (Å²) in [5, 5.41) is 22.9. The highest BCUT2D eigenvalue weighted by molar-refractivity contribution is 9.10. The van der Waals surface area contributed by atoms with E-state index in [9.17, 15) is 19.7 Å². The second kappa shape index (κ2) is 10.4. The predicted octanol–water partition coefficient (Wildman–Crippen LogP) is 4.21. The molecule has 3 aromatic rings. The molecule has 2 aromatic carbocycles. The summed E-state index contributed by atoms with van der Waals surface area (Å²) < 4.78 is 8.06. The molecule has 9 nitrogen and oxygen atoms in total. The Bertz CT molecular complexity index is 1200. The SMILES string of the molecule is Cc1cc(C(=O)COC(=O)c2cc([N+](=O)[O-])ccc2NCCO)c(C)n1-c1ccc(Br)cc1. The zero-order chi connectivity index (χ0) is 24.1. The van der Waals surface area contributed by atoms with Crippen LogP contribution in [0.25, 0.3) is 5.69 Å². The molecule has 0 aliphatic rings. The number of nitro groups is 1. The molecule has 3 rings (SSSR count). The molecule has 1 heterocycles. The number of esters is 1. The maximum atomic E-state index is 12.8. The summed E-state index contributed by atoms with van der Waals surface area (Å²) in [6, 6.07) is 13.0. The van der Waals surface area contributed by atoms with E-state index in [-0.39, 0.29) is 30.1 Å². The number of carbonyl (C=O) groups excluding carboxylic acids is 2. The van der Waals surface area contributed by atoms with Gasteiger partial charge in [0.1, 0.15) is 0 Å². The Morgan fingerprint density at radius 1 is 1.12 bits per heavy atom. The summed E-state index contributed by atoms with van der Waals surface area (Å²) in [6.07, 6.45) is 0. The number of hydrogen-bond donors (Lipinski definition) is 2. The van der Waals surface area contributed by atoms with Gasteiger partial charge in [-0.15, -0.1) is 0 Å². The average molecular weight is 516 g/mol. The minimum absolute atomic E-state index is 0.0919. The molecule has 0 radical (unpaired) electrons. The van der Waals surface area contributed by atoms with E-state index in [0.717, 1.165) is 21.9 Å². The first-order valence-electron chi connectivity index (χ1n) is 10.0. The lowest BCUT2D eigenvalue weighted by atomic mass is 10.1. The van der Waals surface area contributed by atoms with Crippen molar-refractivity contribution >= 4 is 39.1 Å². The fourth-order valence-electron chi connectivity index (χ4n) is 3.48. The van der Waals surface area contributed by atoms with Crippen molar-refractivity contribution in [1.82, 2.24) is 4.57 Å². The van der Waals surface area contributed by atoms with Gasteiger partial charge < -0.3 is 19.7 Å². The topological polar surface area (TPSA) is 124 Å². The molecular weight excluding hydrogens is 494 g/mol. The molecule has 0 amide bonds. The maximum Gasteiger partial charge on any atom is 0.340 e. The molecule has 10 heteroatoms. The average Bonchev–Trinajstić information content (AvgIpc) is 3.10. The van der Waals surface area contributed by atoms with E-state index < -0.39 is 23.3 Å². The van der Waals surface area contributed by atoms with Crippen molar-refractivity contribution in [2.24, 2.45) is 0 Å². The molecule has 2 N–H and O–H groups in total. The van der Waals surface area contributed by atoms with Crippen molar-refractivity contribution in [3.8, 4) is 5.69 Å². The molecule has 0 saturated carbocycles. The number of aliphatic hydroxyl groups excluding tert-OH is 1. The quantitative estimate of drug-likeness (QED) is 0.189. The largest absolute Gasteiger partial charge is 0.454 e. The number of aliphatic hydroxyl groups is 1. The highest BCUT2D eigenvalue weighted by Crippen LogP contribution is 2.25. The van der Waals surface area contributed by atoms with Gasteiger partial charge in [-0.25, -0.2) is 4.79 Å². The Labute approximate surface area is 198 Å². The monoisotopic (exact) mass is 515 g/mol. The number of ether oxygens (including phenoxy) is 1. The first-order chi connectivity index (χ1) is 15.7. The van der Waals surface area contributed by atoms with Crippen LogP contribution in [-0.2, 0) is 4.74 Å². The first kappa shape index (κ1) is 24.1. The van der Waals surface area contributed by atoms with Crippen LogP contribution in [0.2, 0.25) is 0 Å². The lowest BCUT2D eigenvalue weighted by Crippen LogP contribution is -2.17. The second-order valence-corrected chi connectivity index (χ2v) is 8.15. The third kappa shape index (κ3) is 5.47. The molecule has 172 valence electrons. The molecule has 0 saturated heterocycles. The summed E-state index contributed by atoms with van der Waals surface area (Å²) >= 11 is 3.40. The van der Waals surface area contributed by atoms with Crippen LogP contribution in [0.1, 0.15) is 32.1 Å². The number of hydrogen-bond acceptors (Lipinski definition) is 7. The smallest absolute Gasteiger partial charge is 0.340 e. The van der Waals surface area contributed by atoms with Gasteiger partial charge in [-0.05, 0) is 50.2 Å². The molecule has 1 aromatic heterocycles. The van der Waals surface area contributed by atoms with Gasteiger partial charge in [-0.3, -0.25) is 14.9 Å². The van der Waals surface area contributed by atoms with E-state index in [2.05, 4.69) is 21.2 Å². The number of carbonyl (C=O) groups is 2. The highest BCUT2D eigenvalue weighted by Gasteiger charge is 2.21. The first-order valence-corrected chi connectivity index (χ1v) is 10.8. The molecule has 0 atom stereocenters.